The van der Waals surface area contributed by atoms with Gasteiger partial charge in [-0.3, -0.25) is 9.69 Å². The fourth-order valence-corrected chi connectivity index (χ4v) is 4.58. The SMILES string of the molecule is Cc1c(I)ccc(NC(=O)[C@@H]2CSCN2C(=O)OCc2ccccc2)c1Cl. The van der Waals surface area contributed by atoms with Gasteiger partial charge in [-0.15, -0.1) is 11.8 Å². The monoisotopic (exact) mass is 516 g/mol. The van der Waals surface area contributed by atoms with Gasteiger partial charge in [0.2, 0.25) is 5.91 Å². The lowest BCUT2D eigenvalue weighted by Crippen LogP contribution is -2.44. The third kappa shape index (κ3) is 4.89. The van der Waals surface area contributed by atoms with Gasteiger partial charge in [0.15, 0.2) is 0 Å². The second-order valence-electron chi connectivity index (χ2n) is 6.05. The summed E-state index contributed by atoms with van der Waals surface area (Å²) in [7, 11) is 0. The highest BCUT2D eigenvalue weighted by atomic mass is 127. The second-order valence-corrected chi connectivity index (χ2v) is 8.59. The molecule has 1 fully saturated rings. The number of carbonyl (C=O) groups is 2. The van der Waals surface area contributed by atoms with Crippen molar-refractivity contribution in [3.63, 3.8) is 0 Å². The van der Waals surface area contributed by atoms with Crippen molar-refractivity contribution in [2.24, 2.45) is 0 Å². The van der Waals surface area contributed by atoms with Crippen LogP contribution in [-0.4, -0.2) is 34.6 Å². The number of benzene rings is 2. The van der Waals surface area contributed by atoms with E-state index in [-0.39, 0.29) is 12.5 Å². The van der Waals surface area contributed by atoms with Crippen molar-refractivity contribution in [1.82, 2.24) is 4.90 Å². The van der Waals surface area contributed by atoms with Crippen LogP contribution in [0.4, 0.5) is 10.5 Å². The maximum atomic E-state index is 12.7. The molecule has 3 rings (SSSR count). The minimum absolute atomic E-state index is 0.178. The largest absolute Gasteiger partial charge is 0.445 e. The fourth-order valence-electron chi connectivity index (χ4n) is 2.62. The van der Waals surface area contributed by atoms with Crippen LogP contribution in [0.3, 0.4) is 0 Å². The Labute approximate surface area is 180 Å². The van der Waals surface area contributed by atoms with E-state index < -0.39 is 12.1 Å². The lowest BCUT2D eigenvalue weighted by Gasteiger charge is -2.23. The van der Waals surface area contributed by atoms with Crippen LogP contribution in [0.25, 0.3) is 0 Å². The predicted molar refractivity (Wildman–Crippen MR) is 117 cm³/mol. The molecule has 2 amide bonds. The van der Waals surface area contributed by atoms with Crippen molar-refractivity contribution in [1.29, 1.82) is 0 Å². The van der Waals surface area contributed by atoms with Crippen LogP contribution in [0.5, 0.6) is 0 Å². The highest BCUT2D eigenvalue weighted by Gasteiger charge is 2.36. The van der Waals surface area contributed by atoms with E-state index in [1.807, 2.05) is 43.3 Å². The third-order valence-corrected chi connectivity index (χ3v) is 6.87. The maximum absolute atomic E-state index is 12.7. The highest BCUT2D eigenvalue weighted by Crippen LogP contribution is 2.30. The molecule has 142 valence electrons. The number of hydrogen-bond donors (Lipinski definition) is 1. The van der Waals surface area contributed by atoms with Gasteiger partial charge >= 0.3 is 6.09 Å². The number of nitrogens with one attached hydrogen (secondary N) is 1. The number of ether oxygens (including phenoxy) is 1. The first kappa shape index (κ1) is 20.3. The molecule has 1 aliphatic rings. The Bertz CT molecular complexity index is 850. The molecule has 1 heterocycles. The topological polar surface area (TPSA) is 58.6 Å². The molecule has 1 atom stereocenters. The average molecular weight is 517 g/mol. The number of rotatable bonds is 4. The molecule has 27 heavy (non-hydrogen) atoms. The molecule has 0 radical (unpaired) electrons. The van der Waals surface area contributed by atoms with E-state index in [1.165, 1.54) is 16.7 Å². The molecule has 0 unspecified atom stereocenters. The van der Waals surface area contributed by atoms with Crippen LogP contribution >= 0.6 is 46.0 Å². The Morgan fingerprint density at radius 2 is 2.04 bits per heavy atom. The van der Waals surface area contributed by atoms with Gasteiger partial charge < -0.3 is 10.1 Å². The first-order valence-electron chi connectivity index (χ1n) is 8.28. The predicted octanol–water partition coefficient (Wildman–Crippen LogP) is 4.90. The van der Waals surface area contributed by atoms with Crippen LogP contribution in [-0.2, 0) is 16.1 Å². The summed E-state index contributed by atoms with van der Waals surface area (Å²) in [5.41, 5.74) is 2.36. The molecule has 0 aromatic heterocycles. The molecule has 2 aromatic rings. The van der Waals surface area contributed by atoms with Crippen molar-refractivity contribution in [2.75, 3.05) is 16.9 Å². The Hall–Kier alpha value is -1.45. The standard InChI is InChI=1S/C19H18ClIN2O3S/c1-12-14(21)7-8-15(17(12)20)22-18(24)16-10-27-11-23(16)19(25)26-9-13-5-3-2-4-6-13/h2-8,16H,9-11H2,1H3,(H,22,24)/t16-/m0/s1. The summed E-state index contributed by atoms with van der Waals surface area (Å²) in [6.45, 7) is 2.08. The van der Waals surface area contributed by atoms with Gasteiger partial charge in [0.1, 0.15) is 12.6 Å². The first-order chi connectivity index (χ1) is 13.0. The first-order valence-corrected chi connectivity index (χ1v) is 10.9. The average Bonchev–Trinajstić information content (AvgIpc) is 3.17. The van der Waals surface area contributed by atoms with Gasteiger partial charge in [0.25, 0.3) is 0 Å². The number of halogens is 2. The van der Waals surface area contributed by atoms with Crippen molar-refractivity contribution >= 4 is 63.6 Å². The van der Waals surface area contributed by atoms with E-state index in [0.29, 0.717) is 22.3 Å². The van der Waals surface area contributed by atoms with Crippen molar-refractivity contribution in [3.05, 3.63) is 62.2 Å². The fraction of sp³-hybridized carbons (Fsp3) is 0.263. The number of amides is 2. The zero-order valence-electron chi connectivity index (χ0n) is 14.6. The van der Waals surface area contributed by atoms with Gasteiger partial charge in [0.05, 0.1) is 16.6 Å². The molecule has 1 saturated heterocycles. The summed E-state index contributed by atoms with van der Waals surface area (Å²) in [6.07, 6.45) is -0.492. The van der Waals surface area contributed by atoms with Crippen molar-refractivity contribution in [2.45, 2.75) is 19.6 Å². The number of carbonyl (C=O) groups excluding carboxylic acids is 2. The molecule has 5 nitrogen and oxygen atoms in total. The van der Waals surface area contributed by atoms with Crippen LogP contribution in [0, 0.1) is 10.5 Å². The van der Waals surface area contributed by atoms with E-state index in [4.69, 9.17) is 16.3 Å². The molecule has 1 aliphatic heterocycles. The summed E-state index contributed by atoms with van der Waals surface area (Å²) in [5, 5.41) is 3.35. The van der Waals surface area contributed by atoms with Crippen LogP contribution in [0.2, 0.25) is 5.02 Å². The van der Waals surface area contributed by atoms with Gasteiger partial charge in [0, 0.05) is 9.32 Å². The van der Waals surface area contributed by atoms with Crippen molar-refractivity contribution < 1.29 is 14.3 Å². The zero-order valence-corrected chi connectivity index (χ0v) is 18.3. The van der Waals surface area contributed by atoms with Crippen LogP contribution < -0.4 is 5.32 Å². The summed E-state index contributed by atoms with van der Waals surface area (Å²) in [4.78, 5) is 26.6. The van der Waals surface area contributed by atoms with Crippen LogP contribution in [0.1, 0.15) is 11.1 Å². The summed E-state index contributed by atoms with van der Waals surface area (Å²) in [6, 6.07) is 12.5. The Morgan fingerprint density at radius 3 is 2.78 bits per heavy atom. The van der Waals surface area contributed by atoms with E-state index in [1.54, 1.807) is 6.07 Å². The third-order valence-electron chi connectivity index (χ3n) is 4.20. The molecule has 0 aliphatic carbocycles. The second kappa shape index (κ2) is 9.16. The maximum Gasteiger partial charge on any atom is 0.411 e. The summed E-state index contributed by atoms with van der Waals surface area (Å²) in [5.74, 6) is 0.678. The van der Waals surface area contributed by atoms with Crippen molar-refractivity contribution in [3.8, 4) is 0 Å². The van der Waals surface area contributed by atoms with E-state index in [9.17, 15) is 9.59 Å². The minimum Gasteiger partial charge on any atom is -0.445 e. The molecule has 0 bridgehead atoms. The smallest absolute Gasteiger partial charge is 0.411 e. The Morgan fingerprint density at radius 1 is 1.30 bits per heavy atom. The molecule has 1 N–H and O–H groups in total. The molecule has 2 aromatic carbocycles. The number of anilines is 1. The molecule has 0 saturated carbocycles. The minimum atomic E-state index is -0.589. The molecular weight excluding hydrogens is 499 g/mol. The van der Waals surface area contributed by atoms with E-state index in [0.717, 1.165) is 14.7 Å². The number of thioether (sulfide) groups is 1. The number of nitrogens with zero attached hydrogens (tertiary/aromatic N) is 1. The highest BCUT2D eigenvalue weighted by molar-refractivity contribution is 14.1. The quantitative estimate of drug-likeness (QED) is 0.587. The van der Waals surface area contributed by atoms with Gasteiger partial charge in [-0.2, -0.15) is 0 Å². The number of hydrogen-bond acceptors (Lipinski definition) is 4. The lowest BCUT2D eigenvalue weighted by atomic mass is 10.2. The summed E-state index contributed by atoms with van der Waals surface area (Å²) < 4.78 is 6.39. The summed E-state index contributed by atoms with van der Waals surface area (Å²) >= 11 is 10.0. The Kier molecular flexibility index (Phi) is 6.88. The molecule has 8 heteroatoms. The van der Waals surface area contributed by atoms with E-state index in [2.05, 4.69) is 27.9 Å². The van der Waals surface area contributed by atoms with Gasteiger partial charge in [-0.1, -0.05) is 41.9 Å². The van der Waals surface area contributed by atoms with Gasteiger partial charge in [-0.25, -0.2) is 4.79 Å². The van der Waals surface area contributed by atoms with Crippen LogP contribution in [0.15, 0.2) is 42.5 Å². The normalized spacial score (nSPS) is 16.3. The van der Waals surface area contributed by atoms with E-state index >= 15 is 0 Å². The zero-order chi connectivity index (χ0) is 19.4. The van der Waals surface area contributed by atoms with Gasteiger partial charge in [-0.05, 0) is 52.8 Å². The Balaban J connectivity index is 1.64. The molecular formula is C19H18ClIN2O3S. The molecule has 0 spiro atoms. The lowest BCUT2D eigenvalue weighted by molar-refractivity contribution is -0.119.